The molecule has 0 unspecified atom stereocenters. The summed E-state index contributed by atoms with van der Waals surface area (Å²) in [6.07, 6.45) is 3.45. The van der Waals surface area contributed by atoms with Crippen LogP contribution in [-0.2, 0) is 0 Å². The Kier molecular flexibility index (Phi) is 0.974. The van der Waals surface area contributed by atoms with Crippen molar-refractivity contribution in [2.75, 3.05) is 0 Å². The molecule has 0 aliphatic heterocycles. The number of hydrogen-bond acceptors (Lipinski definition) is 3. The second kappa shape index (κ2) is 1.80. The van der Waals surface area contributed by atoms with Crippen molar-refractivity contribution < 1.29 is 4.52 Å². The van der Waals surface area contributed by atoms with E-state index in [0.717, 1.165) is 16.7 Å². The maximum Gasteiger partial charge on any atom is 0.143 e. The highest BCUT2D eigenvalue weighted by Gasteiger charge is 2.00. The Hall–Kier alpha value is -1.38. The van der Waals surface area contributed by atoms with Crippen LogP contribution in [0.4, 0.5) is 0 Å². The lowest BCUT2D eigenvalue weighted by atomic mass is 10.3. The van der Waals surface area contributed by atoms with Gasteiger partial charge in [0.1, 0.15) is 11.3 Å². The predicted molar refractivity (Wildman–Crippen MR) is 36.5 cm³/mol. The summed E-state index contributed by atoms with van der Waals surface area (Å²) in [7, 11) is 0. The van der Waals surface area contributed by atoms with Crippen molar-refractivity contribution in [3.05, 3.63) is 24.2 Å². The molecule has 0 saturated carbocycles. The largest absolute Gasteiger partial charge is 0.360 e. The quantitative estimate of drug-likeness (QED) is 0.548. The summed E-state index contributed by atoms with van der Waals surface area (Å²) in [6, 6.07) is 1.83. The Balaban J connectivity index is 2.93. The van der Waals surface area contributed by atoms with Crippen LogP contribution in [0.5, 0.6) is 0 Å². The zero-order chi connectivity index (χ0) is 6.97. The number of nitrogens with zero attached hydrogens (tertiary/aromatic N) is 2. The normalized spacial score (nSPS) is 10.5. The Bertz CT molecular complexity index is 353. The minimum Gasteiger partial charge on any atom is -0.360 e. The maximum atomic E-state index is 4.92. The van der Waals surface area contributed by atoms with Crippen molar-refractivity contribution in [1.29, 1.82) is 0 Å². The van der Waals surface area contributed by atoms with Crippen molar-refractivity contribution >= 4 is 10.9 Å². The van der Waals surface area contributed by atoms with Gasteiger partial charge in [0.25, 0.3) is 0 Å². The molecule has 0 aromatic carbocycles. The van der Waals surface area contributed by atoms with Crippen LogP contribution in [-0.4, -0.2) is 10.1 Å². The molecule has 2 aromatic heterocycles. The lowest BCUT2D eigenvalue weighted by Gasteiger charge is -1.81. The molecule has 0 aliphatic rings. The highest BCUT2D eigenvalue weighted by atomic mass is 16.5. The van der Waals surface area contributed by atoms with E-state index in [1.807, 2.05) is 13.0 Å². The average Bonchev–Trinajstić information content (AvgIpc) is 2.34. The Morgan fingerprint density at radius 2 is 2.40 bits per heavy atom. The molecule has 2 rings (SSSR count). The van der Waals surface area contributed by atoms with Crippen LogP contribution >= 0.6 is 0 Å². The van der Waals surface area contributed by atoms with Crippen LogP contribution in [0.2, 0.25) is 0 Å². The van der Waals surface area contributed by atoms with Gasteiger partial charge in [-0.15, -0.1) is 0 Å². The molecule has 0 amide bonds. The van der Waals surface area contributed by atoms with E-state index in [-0.39, 0.29) is 0 Å². The van der Waals surface area contributed by atoms with Gasteiger partial charge in [-0.3, -0.25) is 4.98 Å². The van der Waals surface area contributed by atoms with Crippen LogP contribution < -0.4 is 0 Å². The molecule has 2 aromatic rings. The summed E-state index contributed by atoms with van der Waals surface area (Å²) >= 11 is 0. The fraction of sp³-hybridized carbons (Fsp3) is 0.143. The first-order valence-corrected chi connectivity index (χ1v) is 3.04. The van der Waals surface area contributed by atoms with Gasteiger partial charge in [-0.25, -0.2) is 0 Å². The molecule has 3 heteroatoms. The average molecular weight is 134 g/mol. The molecular weight excluding hydrogens is 128 g/mol. The van der Waals surface area contributed by atoms with Crippen molar-refractivity contribution in [1.82, 2.24) is 10.1 Å². The maximum absolute atomic E-state index is 4.92. The standard InChI is InChI=1S/C7H6N2O/c1-5-6-4-8-3-2-7(6)9-10-5/h2-4H,1H3. The van der Waals surface area contributed by atoms with Crippen molar-refractivity contribution in [2.24, 2.45) is 0 Å². The van der Waals surface area contributed by atoms with E-state index in [4.69, 9.17) is 4.52 Å². The van der Waals surface area contributed by atoms with Crippen molar-refractivity contribution in [3.63, 3.8) is 0 Å². The Morgan fingerprint density at radius 3 is 3.20 bits per heavy atom. The molecule has 50 valence electrons. The number of fused-ring (bicyclic) bond motifs is 1. The second-order valence-corrected chi connectivity index (χ2v) is 2.13. The number of pyridine rings is 1. The molecule has 0 fully saturated rings. The van der Waals surface area contributed by atoms with Crippen LogP contribution in [0.1, 0.15) is 5.76 Å². The molecule has 2 heterocycles. The summed E-state index contributed by atoms with van der Waals surface area (Å²) in [6.45, 7) is 1.87. The molecule has 0 aliphatic carbocycles. The fourth-order valence-corrected chi connectivity index (χ4v) is 0.905. The number of aryl methyl sites for hydroxylation is 1. The van der Waals surface area contributed by atoms with E-state index in [2.05, 4.69) is 10.1 Å². The lowest BCUT2D eigenvalue weighted by molar-refractivity contribution is 0.405. The van der Waals surface area contributed by atoms with Crippen molar-refractivity contribution in [2.45, 2.75) is 6.92 Å². The number of hydrogen-bond donors (Lipinski definition) is 0. The van der Waals surface area contributed by atoms with Gasteiger partial charge in [-0.1, -0.05) is 5.16 Å². The van der Waals surface area contributed by atoms with Crippen LogP contribution in [0, 0.1) is 6.92 Å². The van der Waals surface area contributed by atoms with E-state index < -0.39 is 0 Å². The third-order valence-electron chi connectivity index (χ3n) is 1.46. The highest BCUT2D eigenvalue weighted by Crippen LogP contribution is 2.13. The van der Waals surface area contributed by atoms with Gasteiger partial charge in [-0.2, -0.15) is 0 Å². The fourth-order valence-electron chi connectivity index (χ4n) is 0.905. The Labute approximate surface area is 57.7 Å². The predicted octanol–water partition coefficient (Wildman–Crippen LogP) is 1.53. The van der Waals surface area contributed by atoms with Gasteiger partial charge in [0.15, 0.2) is 0 Å². The van der Waals surface area contributed by atoms with Gasteiger partial charge in [0.05, 0.1) is 5.39 Å². The third-order valence-corrected chi connectivity index (χ3v) is 1.46. The lowest BCUT2D eigenvalue weighted by Crippen LogP contribution is -1.70. The molecule has 0 atom stereocenters. The van der Waals surface area contributed by atoms with Gasteiger partial charge >= 0.3 is 0 Å². The SMILES string of the molecule is Cc1onc2ccncc12. The number of rotatable bonds is 0. The topological polar surface area (TPSA) is 38.9 Å². The van der Waals surface area contributed by atoms with E-state index >= 15 is 0 Å². The molecule has 0 spiro atoms. The zero-order valence-electron chi connectivity index (χ0n) is 5.53. The monoisotopic (exact) mass is 134 g/mol. The smallest absolute Gasteiger partial charge is 0.143 e. The van der Waals surface area contributed by atoms with Gasteiger partial charge in [-0.05, 0) is 13.0 Å². The summed E-state index contributed by atoms with van der Waals surface area (Å²) < 4.78 is 4.92. The van der Waals surface area contributed by atoms with Gasteiger partial charge in [0.2, 0.25) is 0 Å². The number of aromatic nitrogens is 2. The molecule has 0 radical (unpaired) electrons. The summed E-state index contributed by atoms with van der Waals surface area (Å²) in [4.78, 5) is 3.95. The first-order valence-electron chi connectivity index (χ1n) is 3.04. The second-order valence-electron chi connectivity index (χ2n) is 2.13. The summed E-state index contributed by atoms with van der Waals surface area (Å²) in [5, 5.41) is 4.79. The minimum atomic E-state index is 0.822. The molecular formula is C7H6N2O. The molecule has 0 N–H and O–H groups in total. The van der Waals surface area contributed by atoms with Crippen molar-refractivity contribution in [3.8, 4) is 0 Å². The van der Waals surface area contributed by atoms with E-state index in [1.54, 1.807) is 12.4 Å². The van der Waals surface area contributed by atoms with E-state index in [9.17, 15) is 0 Å². The molecule has 0 bridgehead atoms. The first-order chi connectivity index (χ1) is 4.88. The Morgan fingerprint density at radius 1 is 1.50 bits per heavy atom. The van der Waals surface area contributed by atoms with E-state index in [1.165, 1.54) is 0 Å². The molecule has 0 saturated heterocycles. The summed E-state index contributed by atoms with van der Waals surface area (Å²) in [5.41, 5.74) is 0.868. The molecule has 10 heavy (non-hydrogen) atoms. The molecule has 3 nitrogen and oxygen atoms in total. The van der Waals surface area contributed by atoms with Gasteiger partial charge < -0.3 is 4.52 Å². The van der Waals surface area contributed by atoms with Crippen LogP contribution in [0.25, 0.3) is 10.9 Å². The van der Waals surface area contributed by atoms with E-state index in [0.29, 0.717) is 0 Å². The zero-order valence-corrected chi connectivity index (χ0v) is 5.53. The third kappa shape index (κ3) is 0.603. The van der Waals surface area contributed by atoms with Gasteiger partial charge in [0, 0.05) is 12.4 Å². The van der Waals surface area contributed by atoms with Crippen LogP contribution in [0.15, 0.2) is 23.0 Å². The van der Waals surface area contributed by atoms with Crippen LogP contribution in [0.3, 0.4) is 0 Å². The highest BCUT2D eigenvalue weighted by molar-refractivity contribution is 5.78. The first kappa shape index (κ1) is 5.41. The minimum absolute atomic E-state index is 0.822. The summed E-state index contributed by atoms with van der Waals surface area (Å²) in [5.74, 6) is 0.822.